The van der Waals surface area contributed by atoms with Crippen LogP contribution in [-0.2, 0) is 4.74 Å². The number of carbonyl (C=O) groups is 1. The molecule has 1 aliphatic rings. The Kier molecular flexibility index (Phi) is 4.47. The van der Waals surface area contributed by atoms with Crippen LogP contribution in [0.3, 0.4) is 0 Å². The highest BCUT2D eigenvalue weighted by Gasteiger charge is 2.37. The van der Waals surface area contributed by atoms with Crippen molar-refractivity contribution in [1.29, 1.82) is 5.26 Å². The van der Waals surface area contributed by atoms with E-state index in [1.807, 2.05) is 0 Å². The van der Waals surface area contributed by atoms with Gasteiger partial charge >= 0.3 is 5.97 Å². The summed E-state index contributed by atoms with van der Waals surface area (Å²) in [5, 5.41) is 9.51. The van der Waals surface area contributed by atoms with Crippen LogP contribution in [0.4, 0.5) is 4.39 Å². The molecule has 0 saturated carbocycles. The van der Waals surface area contributed by atoms with Gasteiger partial charge in [-0.05, 0) is 31.5 Å². The van der Waals surface area contributed by atoms with Crippen LogP contribution in [0.2, 0.25) is 0 Å². The molecule has 0 aliphatic carbocycles. The van der Waals surface area contributed by atoms with Gasteiger partial charge in [-0.2, -0.15) is 5.26 Å². The number of carbonyl (C=O) groups excluding carboxylic acids is 1. The first-order valence-electron chi connectivity index (χ1n) is 7.61. The van der Waals surface area contributed by atoms with Crippen molar-refractivity contribution in [3.05, 3.63) is 62.4 Å². The van der Waals surface area contributed by atoms with Gasteiger partial charge in [-0.15, -0.1) is 11.3 Å². The minimum Gasteiger partial charge on any atom is -0.462 e. The van der Waals surface area contributed by atoms with Crippen molar-refractivity contribution in [2.24, 2.45) is 5.73 Å². The summed E-state index contributed by atoms with van der Waals surface area (Å²) in [4.78, 5) is 13.7. The van der Waals surface area contributed by atoms with Crippen molar-refractivity contribution in [1.82, 2.24) is 0 Å². The number of nitriles is 1. The lowest BCUT2D eigenvalue weighted by molar-refractivity contribution is 0.0522. The van der Waals surface area contributed by atoms with Gasteiger partial charge in [-0.1, -0.05) is 12.1 Å². The highest BCUT2D eigenvalue weighted by molar-refractivity contribution is 7.12. The minimum absolute atomic E-state index is 0.0623. The third-order valence-corrected chi connectivity index (χ3v) is 5.05. The Morgan fingerprint density at radius 3 is 2.72 bits per heavy atom. The molecule has 25 heavy (non-hydrogen) atoms. The van der Waals surface area contributed by atoms with Crippen molar-refractivity contribution in [3.8, 4) is 11.8 Å². The maximum absolute atomic E-state index is 13.3. The predicted octanol–water partition coefficient (Wildman–Crippen LogP) is 3.59. The first kappa shape index (κ1) is 17.0. The van der Waals surface area contributed by atoms with Gasteiger partial charge in [-0.3, -0.25) is 0 Å². The van der Waals surface area contributed by atoms with Crippen molar-refractivity contribution in [2.75, 3.05) is 6.61 Å². The van der Waals surface area contributed by atoms with Crippen molar-refractivity contribution in [3.63, 3.8) is 0 Å². The zero-order chi connectivity index (χ0) is 18.1. The largest absolute Gasteiger partial charge is 0.462 e. The number of rotatable bonds is 3. The Labute approximate surface area is 148 Å². The molecule has 1 aliphatic heterocycles. The lowest BCUT2D eigenvalue weighted by atomic mass is 9.88. The van der Waals surface area contributed by atoms with E-state index in [1.165, 1.54) is 23.5 Å². The summed E-state index contributed by atoms with van der Waals surface area (Å²) in [5.74, 6) is -1.13. The number of halogens is 1. The van der Waals surface area contributed by atoms with Gasteiger partial charge in [0.05, 0.1) is 17.4 Å². The molecule has 1 aromatic carbocycles. The van der Waals surface area contributed by atoms with Crippen LogP contribution in [0.1, 0.15) is 38.5 Å². The Hall–Kier alpha value is -2.85. The molecule has 0 saturated heterocycles. The summed E-state index contributed by atoms with van der Waals surface area (Å²) < 4.78 is 24.0. The molecule has 7 heteroatoms. The first-order valence-corrected chi connectivity index (χ1v) is 8.43. The van der Waals surface area contributed by atoms with E-state index in [4.69, 9.17) is 15.2 Å². The number of esters is 1. The number of allylic oxidation sites excluding steroid dienone is 1. The zero-order valence-corrected chi connectivity index (χ0v) is 14.4. The predicted molar refractivity (Wildman–Crippen MR) is 90.7 cm³/mol. The SMILES string of the molecule is CCOC(=O)c1c(C)sc2c1OC(N)=C(C#N)C2c1ccc(F)cc1. The fourth-order valence-corrected chi connectivity index (χ4v) is 4.02. The first-order chi connectivity index (χ1) is 12.0. The number of benzene rings is 1. The number of nitrogens with zero attached hydrogens (tertiary/aromatic N) is 1. The number of aryl methyl sites for hydroxylation is 1. The number of nitrogens with two attached hydrogens (primary N) is 1. The summed E-state index contributed by atoms with van der Waals surface area (Å²) in [5.41, 5.74) is 7.17. The molecule has 0 radical (unpaired) electrons. The molecule has 3 rings (SSSR count). The van der Waals surface area contributed by atoms with Crippen LogP contribution in [-0.4, -0.2) is 12.6 Å². The van der Waals surface area contributed by atoms with Gasteiger partial charge < -0.3 is 15.2 Å². The molecule has 0 fully saturated rings. The van der Waals surface area contributed by atoms with Crippen molar-refractivity contribution >= 4 is 17.3 Å². The average molecular weight is 358 g/mol. The third-order valence-electron chi connectivity index (χ3n) is 3.90. The van der Waals surface area contributed by atoms with Gasteiger partial charge in [0.25, 0.3) is 0 Å². The fraction of sp³-hybridized carbons (Fsp3) is 0.222. The van der Waals surface area contributed by atoms with Crippen LogP contribution in [0.5, 0.6) is 5.75 Å². The number of hydrogen-bond donors (Lipinski definition) is 1. The van der Waals surface area contributed by atoms with E-state index < -0.39 is 11.9 Å². The Balaban J connectivity index is 2.20. The van der Waals surface area contributed by atoms with Crippen molar-refractivity contribution < 1.29 is 18.7 Å². The van der Waals surface area contributed by atoms with E-state index in [9.17, 15) is 14.4 Å². The topological polar surface area (TPSA) is 85.3 Å². The molecule has 0 spiro atoms. The van der Waals surface area contributed by atoms with E-state index in [1.54, 1.807) is 26.0 Å². The Morgan fingerprint density at radius 2 is 2.12 bits per heavy atom. The number of thiophene rings is 1. The molecule has 1 atom stereocenters. The molecule has 5 nitrogen and oxygen atoms in total. The molecular formula is C18H15FN2O3S. The second-order valence-electron chi connectivity index (χ2n) is 5.42. The summed E-state index contributed by atoms with van der Waals surface area (Å²) in [6, 6.07) is 7.90. The molecule has 2 N–H and O–H groups in total. The molecule has 128 valence electrons. The lowest BCUT2D eigenvalue weighted by Crippen LogP contribution is -2.21. The fourth-order valence-electron chi connectivity index (χ4n) is 2.81. The number of fused-ring (bicyclic) bond motifs is 1. The summed E-state index contributed by atoms with van der Waals surface area (Å²) in [6.07, 6.45) is 0. The third kappa shape index (κ3) is 2.85. The van der Waals surface area contributed by atoms with E-state index >= 15 is 0 Å². The van der Waals surface area contributed by atoms with Gasteiger partial charge in [0, 0.05) is 4.88 Å². The summed E-state index contributed by atoms with van der Waals surface area (Å²) in [7, 11) is 0. The Bertz CT molecular complexity index is 910. The smallest absolute Gasteiger partial charge is 0.343 e. The molecule has 0 amide bonds. The molecule has 1 unspecified atom stereocenters. The van der Waals surface area contributed by atoms with Gasteiger partial charge in [0.15, 0.2) is 5.75 Å². The Morgan fingerprint density at radius 1 is 1.44 bits per heavy atom. The van der Waals surface area contributed by atoms with Gasteiger partial charge in [-0.25, -0.2) is 9.18 Å². The average Bonchev–Trinajstić information content (AvgIpc) is 2.90. The summed E-state index contributed by atoms with van der Waals surface area (Å²) in [6.45, 7) is 3.73. The highest BCUT2D eigenvalue weighted by atomic mass is 32.1. The molecule has 1 aromatic heterocycles. The van der Waals surface area contributed by atoms with Crippen LogP contribution in [0.15, 0.2) is 35.7 Å². The summed E-state index contributed by atoms with van der Waals surface area (Å²) >= 11 is 1.34. The molecule has 2 aromatic rings. The van der Waals surface area contributed by atoms with E-state index in [2.05, 4.69) is 6.07 Å². The second kappa shape index (κ2) is 6.57. The molecular weight excluding hydrogens is 343 g/mol. The lowest BCUT2D eigenvalue weighted by Gasteiger charge is -2.24. The quantitative estimate of drug-likeness (QED) is 0.848. The maximum atomic E-state index is 13.3. The van der Waals surface area contributed by atoms with Crippen LogP contribution < -0.4 is 10.5 Å². The molecule has 0 bridgehead atoms. The standard InChI is InChI=1S/C18H15FN2O3S/c1-3-23-18(22)13-9(2)25-16-14(10-4-6-11(19)7-5-10)12(8-20)17(21)24-15(13)16/h4-7,14H,3,21H2,1-2H3. The van der Waals surface area contributed by atoms with E-state index in [0.717, 1.165) is 0 Å². The number of ether oxygens (including phenoxy) is 2. The maximum Gasteiger partial charge on any atom is 0.343 e. The second-order valence-corrected chi connectivity index (χ2v) is 6.68. The van der Waals surface area contributed by atoms with Crippen LogP contribution in [0.25, 0.3) is 0 Å². The van der Waals surface area contributed by atoms with Crippen LogP contribution >= 0.6 is 11.3 Å². The van der Waals surface area contributed by atoms with Gasteiger partial charge in [0.2, 0.25) is 5.88 Å². The van der Waals surface area contributed by atoms with E-state index in [-0.39, 0.29) is 23.9 Å². The van der Waals surface area contributed by atoms with Crippen molar-refractivity contribution in [2.45, 2.75) is 19.8 Å². The van der Waals surface area contributed by atoms with Gasteiger partial charge in [0.1, 0.15) is 23.0 Å². The number of hydrogen-bond acceptors (Lipinski definition) is 6. The van der Waals surface area contributed by atoms with E-state index in [0.29, 0.717) is 26.6 Å². The highest BCUT2D eigenvalue weighted by Crippen LogP contribution is 2.49. The molecule has 2 heterocycles. The van der Waals surface area contributed by atoms with Crippen LogP contribution in [0, 0.1) is 24.1 Å². The monoisotopic (exact) mass is 358 g/mol. The minimum atomic E-state index is -0.513. The zero-order valence-electron chi connectivity index (χ0n) is 13.6. The normalized spacial score (nSPS) is 16.0.